The van der Waals surface area contributed by atoms with Crippen LogP contribution in [0.2, 0.25) is 0 Å². The first-order chi connectivity index (χ1) is 16.5. The molecule has 34 heavy (non-hydrogen) atoms. The van der Waals surface area contributed by atoms with Gasteiger partial charge in [-0.1, -0.05) is 30.3 Å². The number of hydrogen-bond acceptors (Lipinski definition) is 5. The standard InChI is InChI=1S/C26H33N3O5/c1-3-33-22-10-12-23(13-11-22)34-19(2)25(31)27-28-26(32)21-15-17-29(18-16-21)24(30)14-9-20-7-5-4-6-8-20/h4-8,10-13,19,21H,3,9,14-18H2,1-2H3,(H,27,31)(H,28,32). The minimum absolute atomic E-state index is 0.108. The Bertz CT molecular complexity index is 941. The molecule has 1 aliphatic heterocycles. The van der Waals surface area contributed by atoms with Crippen molar-refractivity contribution >= 4 is 17.7 Å². The van der Waals surface area contributed by atoms with Crippen molar-refractivity contribution in [3.63, 3.8) is 0 Å². The highest BCUT2D eigenvalue weighted by atomic mass is 16.5. The lowest BCUT2D eigenvalue weighted by Gasteiger charge is -2.31. The highest BCUT2D eigenvalue weighted by molar-refractivity contribution is 5.85. The molecule has 2 N–H and O–H groups in total. The van der Waals surface area contributed by atoms with E-state index in [1.165, 1.54) is 0 Å². The van der Waals surface area contributed by atoms with Gasteiger partial charge in [-0.2, -0.15) is 0 Å². The molecule has 182 valence electrons. The lowest BCUT2D eigenvalue weighted by Crippen LogP contribution is -2.51. The molecule has 1 saturated heterocycles. The predicted molar refractivity (Wildman–Crippen MR) is 128 cm³/mol. The van der Waals surface area contributed by atoms with Gasteiger partial charge in [-0.25, -0.2) is 0 Å². The number of nitrogens with zero attached hydrogens (tertiary/aromatic N) is 1. The van der Waals surface area contributed by atoms with Gasteiger partial charge in [0.1, 0.15) is 11.5 Å². The maximum atomic E-state index is 12.5. The van der Waals surface area contributed by atoms with Crippen LogP contribution in [0.3, 0.4) is 0 Å². The Hall–Kier alpha value is -3.55. The number of likely N-dealkylation sites (tertiary alicyclic amines) is 1. The van der Waals surface area contributed by atoms with Crippen molar-refractivity contribution < 1.29 is 23.9 Å². The summed E-state index contributed by atoms with van der Waals surface area (Å²) in [6.45, 7) is 5.16. The zero-order valence-electron chi connectivity index (χ0n) is 19.8. The van der Waals surface area contributed by atoms with E-state index in [0.717, 1.165) is 11.3 Å². The number of rotatable bonds is 9. The minimum Gasteiger partial charge on any atom is -0.494 e. The average Bonchev–Trinajstić information content (AvgIpc) is 2.87. The smallest absolute Gasteiger partial charge is 0.279 e. The summed E-state index contributed by atoms with van der Waals surface area (Å²) in [6.07, 6.45) is 1.52. The van der Waals surface area contributed by atoms with Gasteiger partial charge in [0.25, 0.3) is 5.91 Å². The van der Waals surface area contributed by atoms with Crippen molar-refractivity contribution in [3.05, 3.63) is 60.2 Å². The Morgan fingerprint density at radius 1 is 0.971 bits per heavy atom. The number of carbonyl (C=O) groups excluding carboxylic acids is 3. The van der Waals surface area contributed by atoms with Crippen LogP contribution in [-0.2, 0) is 20.8 Å². The molecule has 0 radical (unpaired) electrons. The molecule has 1 atom stereocenters. The second-order valence-electron chi connectivity index (χ2n) is 8.28. The topological polar surface area (TPSA) is 97.0 Å². The summed E-state index contributed by atoms with van der Waals surface area (Å²) in [5.74, 6) is 0.413. The van der Waals surface area contributed by atoms with Crippen molar-refractivity contribution in [3.8, 4) is 11.5 Å². The Kier molecular flexibility index (Phi) is 9.31. The SMILES string of the molecule is CCOc1ccc(OC(C)C(=O)NNC(=O)C2CCN(C(=O)CCc3ccccc3)CC2)cc1. The average molecular weight is 468 g/mol. The first-order valence-electron chi connectivity index (χ1n) is 11.8. The number of carbonyl (C=O) groups is 3. The molecule has 3 rings (SSSR count). The molecule has 0 bridgehead atoms. The first kappa shape index (κ1) is 25.1. The van der Waals surface area contributed by atoms with E-state index >= 15 is 0 Å². The van der Waals surface area contributed by atoms with Gasteiger partial charge in [-0.05, 0) is 62.9 Å². The van der Waals surface area contributed by atoms with Crippen LogP contribution in [0.1, 0.15) is 38.7 Å². The molecule has 0 spiro atoms. The Labute approximate surface area is 200 Å². The van der Waals surface area contributed by atoms with Crippen LogP contribution >= 0.6 is 0 Å². The summed E-state index contributed by atoms with van der Waals surface area (Å²) in [7, 11) is 0. The normalized spacial score (nSPS) is 14.7. The molecule has 1 aliphatic rings. The molecule has 2 aromatic rings. The number of ether oxygens (including phenoxy) is 2. The third kappa shape index (κ3) is 7.50. The molecular formula is C26H33N3O5. The third-order valence-electron chi connectivity index (χ3n) is 5.81. The Balaban J connectivity index is 1.35. The van der Waals surface area contributed by atoms with Crippen LogP contribution < -0.4 is 20.3 Å². The number of amides is 3. The van der Waals surface area contributed by atoms with Crippen molar-refractivity contribution in [2.45, 2.75) is 45.6 Å². The molecule has 1 heterocycles. The van der Waals surface area contributed by atoms with Gasteiger partial charge in [-0.3, -0.25) is 25.2 Å². The van der Waals surface area contributed by atoms with Gasteiger partial charge >= 0.3 is 0 Å². The van der Waals surface area contributed by atoms with Gasteiger partial charge in [-0.15, -0.1) is 0 Å². The van der Waals surface area contributed by atoms with E-state index in [9.17, 15) is 14.4 Å². The van der Waals surface area contributed by atoms with E-state index < -0.39 is 12.0 Å². The summed E-state index contributed by atoms with van der Waals surface area (Å²) in [4.78, 5) is 39.1. The molecule has 2 aromatic carbocycles. The molecule has 3 amide bonds. The van der Waals surface area contributed by atoms with Crippen LogP contribution in [-0.4, -0.2) is 48.4 Å². The maximum Gasteiger partial charge on any atom is 0.279 e. The zero-order valence-corrected chi connectivity index (χ0v) is 19.8. The molecule has 8 heteroatoms. The number of hydrogen-bond donors (Lipinski definition) is 2. The fourth-order valence-corrected chi connectivity index (χ4v) is 3.81. The number of piperidine rings is 1. The maximum absolute atomic E-state index is 12.5. The molecule has 0 aliphatic carbocycles. The van der Waals surface area contributed by atoms with Gasteiger partial charge in [0.2, 0.25) is 11.8 Å². The summed E-state index contributed by atoms with van der Waals surface area (Å²) >= 11 is 0. The first-order valence-corrected chi connectivity index (χ1v) is 11.8. The summed E-state index contributed by atoms with van der Waals surface area (Å²) in [5.41, 5.74) is 6.07. The summed E-state index contributed by atoms with van der Waals surface area (Å²) < 4.78 is 11.0. The fourth-order valence-electron chi connectivity index (χ4n) is 3.81. The van der Waals surface area contributed by atoms with Gasteiger partial charge in [0.15, 0.2) is 6.10 Å². The lowest BCUT2D eigenvalue weighted by molar-refractivity contribution is -0.137. The van der Waals surface area contributed by atoms with Crippen LogP contribution in [0.25, 0.3) is 0 Å². The van der Waals surface area contributed by atoms with Gasteiger partial charge in [0.05, 0.1) is 6.61 Å². The van der Waals surface area contributed by atoms with Crippen molar-refractivity contribution in [1.82, 2.24) is 15.8 Å². The zero-order chi connectivity index (χ0) is 24.3. The van der Waals surface area contributed by atoms with Crippen LogP contribution in [0.5, 0.6) is 11.5 Å². The van der Waals surface area contributed by atoms with Gasteiger partial charge < -0.3 is 14.4 Å². The van der Waals surface area contributed by atoms with E-state index in [1.54, 1.807) is 31.2 Å². The number of aryl methyl sites for hydroxylation is 1. The molecule has 8 nitrogen and oxygen atoms in total. The molecule has 0 saturated carbocycles. The van der Waals surface area contributed by atoms with E-state index in [4.69, 9.17) is 9.47 Å². The minimum atomic E-state index is -0.790. The molecule has 1 unspecified atom stereocenters. The second kappa shape index (κ2) is 12.6. The largest absolute Gasteiger partial charge is 0.494 e. The number of nitrogens with one attached hydrogen (secondary N) is 2. The predicted octanol–water partition coefficient (Wildman–Crippen LogP) is 2.87. The van der Waals surface area contributed by atoms with E-state index in [1.807, 2.05) is 42.2 Å². The quantitative estimate of drug-likeness (QED) is 0.553. The summed E-state index contributed by atoms with van der Waals surface area (Å²) in [6, 6.07) is 16.9. The second-order valence-corrected chi connectivity index (χ2v) is 8.28. The van der Waals surface area contributed by atoms with Crippen molar-refractivity contribution in [2.24, 2.45) is 5.92 Å². The molecule has 0 aromatic heterocycles. The highest BCUT2D eigenvalue weighted by Gasteiger charge is 2.27. The molecular weight excluding hydrogens is 434 g/mol. The van der Waals surface area contributed by atoms with Gasteiger partial charge in [0, 0.05) is 25.4 Å². The third-order valence-corrected chi connectivity index (χ3v) is 5.81. The fraction of sp³-hybridized carbons (Fsp3) is 0.423. The van der Waals surface area contributed by atoms with Crippen LogP contribution in [0, 0.1) is 5.92 Å². The highest BCUT2D eigenvalue weighted by Crippen LogP contribution is 2.20. The van der Waals surface area contributed by atoms with E-state index in [-0.39, 0.29) is 17.7 Å². The van der Waals surface area contributed by atoms with Crippen molar-refractivity contribution in [2.75, 3.05) is 19.7 Å². The van der Waals surface area contributed by atoms with E-state index in [0.29, 0.717) is 51.1 Å². The monoisotopic (exact) mass is 467 g/mol. The van der Waals surface area contributed by atoms with Crippen molar-refractivity contribution in [1.29, 1.82) is 0 Å². The molecule has 1 fully saturated rings. The van der Waals surface area contributed by atoms with Crippen LogP contribution in [0.4, 0.5) is 0 Å². The lowest BCUT2D eigenvalue weighted by atomic mass is 9.95. The number of benzene rings is 2. The summed E-state index contributed by atoms with van der Waals surface area (Å²) in [5, 5.41) is 0. The van der Waals surface area contributed by atoms with Crippen LogP contribution in [0.15, 0.2) is 54.6 Å². The Morgan fingerprint density at radius 3 is 2.26 bits per heavy atom. The Morgan fingerprint density at radius 2 is 1.62 bits per heavy atom. The van der Waals surface area contributed by atoms with E-state index in [2.05, 4.69) is 10.9 Å². The number of hydrazine groups is 1.